The van der Waals surface area contributed by atoms with Crippen LogP contribution in [0.5, 0.6) is 5.75 Å². The summed E-state index contributed by atoms with van der Waals surface area (Å²) in [6.45, 7) is -0.260. The molecular weight excluding hydrogens is 353 g/mol. The molecule has 0 saturated carbocycles. The molecule has 2 rings (SSSR count). The number of carbonyl (C=O) groups excluding carboxylic acids is 2. The highest BCUT2D eigenvalue weighted by Crippen LogP contribution is 2.19. The zero-order chi connectivity index (χ0) is 17.5. The molecule has 0 saturated heterocycles. The Morgan fingerprint density at radius 1 is 1.12 bits per heavy atom. The van der Waals surface area contributed by atoms with Gasteiger partial charge in [-0.3, -0.25) is 9.59 Å². The van der Waals surface area contributed by atoms with Gasteiger partial charge in [0.25, 0.3) is 11.8 Å². The summed E-state index contributed by atoms with van der Waals surface area (Å²) in [4.78, 5) is 23.5. The van der Waals surface area contributed by atoms with Crippen LogP contribution in [-0.2, 0) is 4.79 Å². The molecular formula is C16H13Cl2N3O3. The van der Waals surface area contributed by atoms with Gasteiger partial charge in [-0.15, -0.1) is 0 Å². The van der Waals surface area contributed by atoms with Gasteiger partial charge in [-0.05, 0) is 36.4 Å². The lowest BCUT2D eigenvalue weighted by Crippen LogP contribution is -2.34. The van der Waals surface area contributed by atoms with Gasteiger partial charge in [0.1, 0.15) is 5.75 Å². The van der Waals surface area contributed by atoms with E-state index in [2.05, 4.69) is 15.8 Å². The lowest BCUT2D eigenvalue weighted by Gasteiger charge is -2.04. The van der Waals surface area contributed by atoms with E-state index in [9.17, 15) is 14.7 Å². The minimum absolute atomic E-state index is 0.0216. The van der Waals surface area contributed by atoms with E-state index >= 15 is 0 Å². The second-order valence-electron chi connectivity index (χ2n) is 4.69. The molecule has 124 valence electrons. The number of hydrogen-bond donors (Lipinski definition) is 3. The number of amides is 2. The third-order valence-corrected chi connectivity index (χ3v) is 3.35. The van der Waals surface area contributed by atoms with Crippen LogP contribution < -0.4 is 10.7 Å². The first kappa shape index (κ1) is 17.8. The van der Waals surface area contributed by atoms with Gasteiger partial charge in [0, 0.05) is 21.2 Å². The molecule has 3 N–H and O–H groups in total. The van der Waals surface area contributed by atoms with Gasteiger partial charge in [-0.25, -0.2) is 5.43 Å². The van der Waals surface area contributed by atoms with E-state index in [1.54, 1.807) is 18.2 Å². The molecule has 0 radical (unpaired) electrons. The number of hydrazone groups is 1. The van der Waals surface area contributed by atoms with Gasteiger partial charge in [0.05, 0.1) is 12.8 Å². The van der Waals surface area contributed by atoms with Gasteiger partial charge >= 0.3 is 0 Å². The molecule has 0 atom stereocenters. The van der Waals surface area contributed by atoms with E-state index < -0.39 is 11.8 Å². The molecule has 24 heavy (non-hydrogen) atoms. The fourth-order valence-corrected chi connectivity index (χ4v) is 2.11. The number of hydrogen-bond acceptors (Lipinski definition) is 4. The molecule has 0 bridgehead atoms. The summed E-state index contributed by atoms with van der Waals surface area (Å²) in [6, 6.07) is 10.8. The lowest BCUT2D eigenvalue weighted by molar-refractivity contribution is -0.120. The Morgan fingerprint density at radius 2 is 1.88 bits per heavy atom. The van der Waals surface area contributed by atoms with E-state index in [1.807, 2.05) is 0 Å². The highest BCUT2D eigenvalue weighted by atomic mass is 35.5. The molecule has 0 unspecified atom stereocenters. The maximum atomic E-state index is 11.8. The molecule has 6 nitrogen and oxygen atoms in total. The van der Waals surface area contributed by atoms with E-state index in [0.29, 0.717) is 21.2 Å². The summed E-state index contributed by atoms with van der Waals surface area (Å²) < 4.78 is 0. The Balaban J connectivity index is 1.84. The first-order valence-electron chi connectivity index (χ1n) is 6.80. The maximum Gasteiger partial charge on any atom is 0.259 e. The zero-order valence-corrected chi connectivity index (χ0v) is 13.8. The van der Waals surface area contributed by atoms with Crippen molar-refractivity contribution in [2.45, 2.75) is 0 Å². The number of carbonyl (C=O) groups is 2. The van der Waals surface area contributed by atoms with E-state index in [-0.39, 0.29) is 12.3 Å². The van der Waals surface area contributed by atoms with Crippen molar-refractivity contribution in [3.8, 4) is 5.75 Å². The summed E-state index contributed by atoms with van der Waals surface area (Å²) in [7, 11) is 0. The molecule has 0 aliphatic rings. The number of halogens is 2. The minimum atomic E-state index is -0.525. The van der Waals surface area contributed by atoms with E-state index in [1.165, 1.54) is 30.5 Å². The van der Waals surface area contributed by atoms with Crippen LogP contribution in [0.1, 0.15) is 15.9 Å². The molecule has 0 spiro atoms. The number of phenolic OH excluding ortho intramolecular Hbond substituents is 1. The lowest BCUT2D eigenvalue weighted by atomic mass is 10.2. The van der Waals surface area contributed by atoms with Crippen LogP contribution in [0.4, 0.5) is 0 Å². The normalized spacial score (nSPS) is 10.6. The number of aromatic hydroxyl groups is 1. The van der Waals surface area contributed by atoms with Crippen molar-refractivity contribution in [2.24, 2.45) is 5.10 Å². The largest absolute Gasteiger partial charge is 0.507 e. The molecule has 0 aliphatic carbocycles. The monoisotopic (exact) mass is 365 g/mol. The SMILES string of the molecule is O=C(CNC(=O)c1cccc(Cl)c1)N/N=C/c1cc(Cl)ccc1O. The second-order valence-corrected chi connectivity index (χ2v) is 5.56. The Labute approximate surface area is 148 Å². The predicted molar refractivity (Wildman–Crippen MR) is 92.6 cm³/mol. The molecule has 2 aromatic rings. The quantitative estimate of drug-likeness (QED) is 0.561. The molecule has 0 fully saturated rings. The predicted octanol–water partition coefficient (Wildman–Crippen LogP) is 2.58. The third kappa shape index (κ3) is 5.26. The van der Waals surface area contributed by atoms with Crippen LogP contribution in [0.15, 0.2) is 47.6 Å². The Hall–Kier alpha value is -2.57. The van der Waals surface area contributed by atoms with Crippen molar-refractivity contribution in [3.05, 3.63) is 63.6 Å². The second kappa shape index (κ2) is 8.33. The first-order valence-corrected chi connectivity index (χ1v) is 7.55. The van der Waals surface area contributed by atoms with Crippen molar-refractivity contribution in [2.75, 3.05) is 6.54 Å². The zero-order valence-electron chi connectivity index (χ0n) is 12.3. The average molecular weight is 366 g/mol. The first-order chi connectivity index (χ1) is 11.5. The summed E-state index contributed by atoms with van der Waals surface area (Å²) in [5.74, 6) is -0.973. The standard InChI is InChI=1S/C16H13Cl2N3O3/c17-12-3-1-2-10(6-12)16(24)19-9-15(23)21-20-8-11-7-13(18)4-5-14(11)22/h1-8,22H,9H2,(H,19,24)(H,21,23)/b20-8+. The Bertz CT molecular complexity index is 794. The highest BCUT2D eigenvalue weighted by Gasteiger charge is 2.08. The fourth-order valence-electron chi connectivity index (χ4n) is 1.73. The molecule has 8 heteroatoms. The Morgan fingerprint density at radius 3 is 2.62 bits per heavy atom. The Kier molecular flexibility index (Phi) is 6.17. The van der Waals surface area contributed by atoms with Crippen LogP contribution in [0.2, 0.25) is 10.0 Å². The topological polar surface area (TPSA) is 90.8 Å². The number of nitrogens with zero attached hydrogens (tertiary/aromatic N) is 1. The van der Waals surface area contributed by atoms with E-state index in [0.717, 1.165) is 0 Å². The summed E-state index contributed by atoms with van der Waals surface area (Å²) in [6.07, 6.45) is 1.25. The van der Waals surface area contributed by atoms with Crippen LogP contribution in [0.25, 0.3) is 0 Å². The molecule has 2 amide bonds. The molecule has 0 aliphatic heterocycles. The number of benzene rings is 2. The summed E-state index contributed by atoms with van der Waals surface area (Å²) in [5, 5.41) is 16.6. The molecule has 0 heterocycles. The molecule has 0 aromatic heterocycles. The average Bonchev–Trinajstić information content (AvgIpc) is 2.56. The number of rotatable bonds is 5. The molecule has 2 aromatic carbocycles. The van der Waals surface area contributed by atoms with Gasteiger partial charge < -0.3 is 10.4 Å². The fraction of sp³-hybridized carbons (Fsp3) is 0.0625. The van der Waals surface area contributed by atoms with Crippen LogP contribution >= 0.6 is 23.2 Å². The van der Waals surface area contributed by atoms with Gasteiger partial charge in [-0.2, -0.15) is 5.10 Å². The number of nitrogens with one attached hydrogen (secondary N) is 2. The van der Waals surface area contributed by atoms with Crippen molar-refractivity contribution in [3.63, 3.8) is 0 Å². The van der Waals surface area contributed by atoms with Gasteiger partial charge in [-0.1, -0.05) is 29.3 Å². The van der Waals surface area contributed by atoms with Gasteiger partial charge in [0.2, 0.25) is 0 Å². The summed E-state index contributed by atoms with van der Waals surface area (Å²) >= 11 is 11.6. The van der Waals surface area contributed by atoms with Crippen LogP contribution in [-0.4, -0.2) is 29.7 Å². The van der Waals surface area contributed by atoms with E-state index in [4.69, 9.17) is 23.2 Å². The number of phenols is 1. The van der Waals surface area contributed by atoms with Gasteiger partial charge in [0.15, 0.2) is 0 Å². The van der Waals surface area contributed by atoms with Crippen LogP contribution in [0, 0.1) is 0 Å². The summed E-state index contributed by atoms with van der Waals surface area (Å²) in [5.41, 5.74) is 2.93. The highest BCUT2D eigenvalue weighted by molar-refractivity contribution is 6.31. The van der Waals surface area contributed by atoms with Crippen molar-refractivity contribution in [1.29, 1.82) is 0 Å². The minimum Gasteiger partial charge on any atom is -0.507 e. The van der Waals surface area contributed by atoms with Crippen molar-refractivity contribution >= 4 is 41.2 Å². The van der Waals surface area contributed by atoms with Crippen molar-refractivity contribution < 1.29 is 14.7 Å². The van der Waals surface area contributed by atoms with Crippen LogP contribution in [0.3, 0.4) is 0 Å². The smallest absolute Gasteiger partial charge is 0.259 e. The maximum absolute atomic E-state index is 11.8. The van der Waals surface area contributed by atoms with Crippen molar-refractivity contribution in [1.82, 2.24) is 10.7 Å². The third-order valence-electron chi connectivity index (χ3n) is 2.88.